The van der Waals surface area contributed by atoms with E-state index in [4.69, 9.17) is 16.3 Å². The largest absolute Gasteiger partial charge is 0.456 e. The maximum atomic E-state index is 12.2. The van der Waals surface area contributed by atoms with Crippen molar-refractivity contribution < 1.29 is 9.53 Å². The van der Waals surface area contributed by atoms with Crippen LogP contribution in [0.25, 0.3) is 0 Å². The van der Waals surface area contributed by atoms with E-state index in [1.807, 2.05) is 20.8 Å². The second-order valence-corrected chi connectivity index (χ2v) is 7.12. The molecule has 0 N–H and O–H groups in total. The van der Waals surface area contributed by atoms with Gasteiger partial charge in [0.2, 0.25) is 0 Å². The minimum atomic E-state index is -0.521. The molecule has 116 valence electrons. The van der Waals surface area contributed by atoms with Gasteiger partial charge in [0.05, 0.1) is 5.56 Å². The molecule has 2 heterocycles. The molecule has 1 aliphatic heterocycles. The third-order valence-electron chi connectivity index (χ3n) is 3.40. The van der Waals surface area contributed by atoms with E-state index in [2.05, 4.69) is 16.8 Å². The Morgan fingerprint density at radius 2 is 2.14 bits per heavy atom. The monoisotopic (exact) mass is 310 g/mol. The zero-order chi connectivity index (χ0) is 15.6. The summed E-state index contributed by atoms with van der Waals surface area (Å²) in [5.74, 6) is 1.03. The summed E-state index contributed by atoms with van der Waals surface area (Å²) in [5, 5.41) is 0.326. The lowest BCUT2D eigenvalue weighted by Gasteiger charge is -2.32. The quantitative estimate of drug-likeness (QED) is 0.613. The number of carbonyl (C=O) groups is 1. The van der Waals surface area contributed by atoms with Crippen LogP contribution in [0.2, 0.25) is 5.15 Å². The molecule has 0 amide bonds. The van der Waals surface area contributed by atoms with Gasteiger partial charge in [0.15, 0.2) is 0 Å². The van der Waals surface area contributed by atoms with Gasteiger partial charge in [-0.25, -0.2) is 9.78 Å². The number of anilines is 1. The topological polar surface area (TPSA) is 42.4 Å². The normalized spacial score (nSPS) is 19.5. The van der Waals surface area contributed by atoms with Gasteiger partial charge in [-0.1, -0.05) is 18.5 Å². The predicted molar refractivity (Wildman–Crippen MR) is 85.0 cm³/mol. The van der Waals surface area contributed by atoms with Crippen LogP contribution in [0, 0.1) is 5.92 Å². The fraction of sp³-hybridized carbons (Fsp3) is 0.625. The fourth-order valence-corrected chi connectivity index (χ4v) is 2.70. The van der Waals surface area contributed by atoms with Gasteiger partial charge in [-0.15, -0.1) is 0 Å². The number of rotatable bonds is 2. The van der Waals surface area contributed by atoms with Gasteiger partial charge in [0.1, 0.15) is 16.6 Å². The highest BCUT2D eigenvalue weighted by molar-refractivity contribution is 6.29. The summed E-state index contributed by atoms with van der Waals surface area (Å²) in [6, 6.07) is 3.34. The highest BCUT2D eigenvalue weighted by Gasteiger charge is 2.22. The number of esters is 1. The Hall–Kier alpha value is -1.29. The molecule has 0 bridgehead atoms. The van der Waals surface area contributed by atoms with E-state index in [1.165, 1.54) is 6.42 Å². The lowest BCUT2D eigenvalue weighted by atomic mass is 10.0. The van der Waals surface area contributed by atoms with Crippen LogP contribution in [0.1, 0.15) is 50.9 Å². The molecule has 0 spiro atoms. The van der Waals surface area contributed by atoms with Crippen molar-refractivity contribution in [1.29, 1.82) is 0 Å². The van der Waals surface area contributed by atoms with Gasteiger partial charge in [0, 0.05) is 13.1 Å². The van der Waals surface area contributed by atoms with E-state index < -0.39 is 5.60 Å². The molecule has 1 aliphatic rings. The Kier molecular flexibility index (Phi) is 4.77. The van der Waals surface area contributed by atoms with Crippen LogP contribution in [0.4, 0.5) is 5.82 Å². The number of carbonyl (C=O) groups excluding carboxylic acids is 1. The van der Waals surface area contributed by atoms with Crippen molar-refractivity contribution in [2.75, 3.05) is 18.0 Å². The number of piperidine rings is 1. The van der Waals surface area contributed by atoms with Crippen molar-refractivity contribution >= 4 is 23.4 Å². The molecule has 2 rings (SSSR count). The molecule has 1 saturated heterocycles. The van der Waals surface area contributed by atoms with Crippen molar-refractivity contribution in [3.63, 3.8) is 0 Å². The van der Waals surface area contributed by atoms with Gasteiger partial charge in [-0.05, 0) is 51.7 Å². The molecule has 0 saturated carbocycles. The molecule has 0 aromatic carbocycles. The number of ether oxygens (including phenoxy) is 1. The molecule has 0 aliphatic carbocycles. The van der Waals surface area contributed by atoms with E-state index in [0.717, 1.165) is 25.3 Å². The molecular weight excluding hydrogens is 288 g/mol. The number of halogens is 1. The summed E-state index contributed by atoms with van der Waals surface area (Å²) in [7, 11) is 0. The van der Waals surface area contributed by atoms with Crippen molar-refractivity contribution in [1.82, 2.24) is 4.98 Å². The van der Waals surface area contributed by atoms with Gasteiger partial charge >= 0.3 is 5.97 Å². The van der Waals surface area contributed by atoms with Crippen molar-refractivity contribution in [3.8, 4) is 0 Å². The zero-order valence-electron chi connectivity index (χ0n) is 13.1. The smallest absolute Gasteiger partial charge is 0.338 e. The summed E-state index contributed by atoms with van der Waals surface area (Å²) in [5.41, 5.74) is -0.0646. The lowest BCUT2D eigenvalue weighted by Crippen LogP contribution is -2.35. The number of hydrogen-bond acceptors (Lipinski definition) is 4. The van der Waals surface area contributed by atoms with Crippen molar-refractivity contribution in [2.24, 2.45) is 5.92 Å². The lowest BCUT2D eigenvalue weighted by molar-refractivity contribution is 0.00694. The van der Waals surface area contributed by atoms with Crippen molar-refractivity contribution in [2.45, 2.75) is 46.1 Å². The second-order valence-electron chi connectivity index (χ2n) is 6.73. The third kappa shape index (κ3) is 4.60. The summed E-state index contributed by atoms with van der Waals surface area (Å²) in [6.45, 7) is 9.67. The standard InChI is InChI=1S/C16H23ClN2O2/c1-11-6-5-7-19(10-11)14-9-12(8-13(17)18-14)15(20)21-16(2,3)4/h8-9,11H,5-7,10H2,1-4H3. The number of pyridine rings is 1. The highest BCUT2D eigenvalue weighted by Crippen LogP contribution is 2.25. The average molecular weight is 311 g/mol. The predicted octanol–water partition coefficient (Wildman–Crippen LogP) is 3.93. The minimum absolute atomic E-state index is 0.326. The van der Waals surface area contributed by atoms with E-state index in [1.54, 1.807) is 12.1 Å². The Morgan fingerprint density at radius 1 is 1.43 bits per heavy atom. The Balaban J connectivity index is 2.22. The van der Waals surface area contributed by atoms with Gasteiger partial charge in [0.25, 0.3) is 0 Å². The van der Waals surface area contributed by atoms with Crippen LogP contribution in [0.3, 0.4) is 0 Å². The van der Waals surface area contributed by atoms with E-state index in [9.17, 15) is 4.79 Å². The molecule has 1 aromatic rings. The highest BCUT2D eigenvalue weighted by atomic mass is 35.5. The van der Waals surface area contributed by atoms with Gasteiger partial charge in [-0.3, -0.25) is 0 Å². The first-order chi connectivity index (χ1) is 9.74. The van der Waals surface area contributed by atoms with Crippen LogP contribution in [-0.2, 0) is 4.74 Å². The number of aromatic nitrogens is 1. The van der Waals surface area contributed by atoms with Crippen LogP contribution < -0.4 is 4.90 Å². The molecule has 1 atom stereocenters. The molecule has 1 fully saturated rings. The van der Waals surface area contributed by atoms with Crippen LogP contribution >= 0.6 is 11.6 Å². The summed E-state index contributed by atoms with van der Waals surface area (Å²) in [4.78, 5) is 18.7. The van der Waals surface area contributed by atoms with Crippen molar-refractivity contribution in [3.05, 3.63) is 22.8 Å². The SMILES string of the molecule is CC1CCCN(c2cc(C(=O)OC(C)(C)C)cc(Cl)n2)C1. The molecule has 1 aromatic heterocycles. The maximum absolute atomic E-state index is 12.2. The second kappa shape index (κ2) is 6.22. The van der Waals surface area contributed by atoms with Crippen LogP contribution in [-0.4, -0.2) is 29.6 Å². The average Bonchev–Trinajstić information content (AvgIpc) is 2.36. The third-order valence-corrected chi connectivity index (χ3v) is 3.59. The summed E-state index contributed by atoms with van der Waals surface area (Å²) < 4.78 is 5.40. The Labute approximate surface area is 131 Å². The Bertz CT molecular complexity index is 525. The maximum Gasteiger partial charge on any atom is 0.338 e. The molecule has 21 heavy (non-hydrogen) atoms. The van der Waals surface area contributed by atoms with E-state index in [-0.39, 0.29) is 5.97 Å². The first-order valence-electron chi connectivity index (χ1n) is 7.40. The number of nitrogens with zero attached hydrogens (tertiary/aromatic N) is 2. The molecule has 0 radical (unpaired) electrons. The minimum Gasteiger partial charge on any atom is -0.456 e. The zero-order valence-corrected chi connectivity index (χ0v) is 13.9. The molecule has 1 unspecified atom stereocenters. The molecule has 4 nitrogen and oxygen atoms in total. The van der Waals surface area contributed by atoms with Crippen LogP contribution in [0.5, 0.6) is 0 Å². The molecular formula is C16H23ClN2O2. The first-order valence-corrected chi connectivity index (χ1v) is 7.78. The Morgan fingerprint density at radius 3 is 2.76 bits per heavy atom. The first kappa shape index (κ1) is 16.1. The van der Waals surface area contributed by atoms with Crippen LogP contribution in [0.15, 0.2) is 12.1 Å². The van der Waals surface area contributed by atoms with Gasteiger partial charge < -0.3 is 9.64 Å². The molecule has 5 heteroatoms. The summed E-state index contributed by atoms with van der Waals surface area (Å²) >= 11 is 6.08. The van der Waals surface area contributed by atoms with Gasteiger partial charge in [-0.2, -0.15) is 0 Å². The summed E-state index contributed by atoms with van der Waals surface area (Å²) in [6.07, 6.45) is 2.37. The van der Waals surface area contributed by atoms with E-state index in [0.29, 0.717) is 16.6 Å². The van der Waals surface area contributed by atoms with E-state index >= 15 is 0 Å². The number of hydrogen-bond donors (Lipinski definition) is 0. The fourth-order valence-electron chi connectivity index (χ4n) is 2.50.